The van der Waals surface area contributed by atoms with Crippen LogP contribution >= 0.6 is 0 Å². The topological polar surface area (TPSA) is 134 Å². The number of piperazine rings is 2. The van der Waals surface area contributed by atoms with Gasteiger partial charge in [0, 0.05) is 13.1 Å². The first-order valence-corrected chi connectivity index (χ1v) is 12.7. The minimum Gasteiger partial charge on any atom is -0.440 e. The predicted octanol–water partition coefficient (Wildman–Crippen LogP) is 0.574. The minimum absolute atomic E-state index is 0.0789. The number of nitrogens with zero attached hydrogens (tertiary/aromatic N) is 4. The Kier molecular flexibility index (Phi) is 9.02. The molecule has 4 rings (SSSR count). The monoisotopic (exact) mass is 550 g/mol. The molecular formula is C28H30N4O8. The molecule has 0 saturated carbocycles. The van der Waals surface area contributed by atoms with Gasteiger partial charge in [0.2, 0.25) is 23.6 Å². The summed E-state index contributed by atoms with van der Waals surface area (Å²) in [6.07, 6.45) is 0. The number of amides is 4. The molecule has 2 aliphatic heterocycles. The minimum atomic E-state index is -0.634. The fourth-order valence-electron chi connectivity index (χ4n) is 4.34. The molecule has 2 fully saturated rings. The molecule has 0 aliphatic carbocycles. The van der Waals surface area contributed by atoms with Crippen molar-refractivity contribution >= 4 is 35.6 Å². The van der Waals surface area contributed by atoms with Crippen molar-refractivity contribution in [2.45, 2.75) is 13.8 Å². The van der Waals surface area contributed by atoms with Gasteiger partial charge in [0.25, 0.3) is 0 Å². The predicted molar refractivity (Wildman–Crippen MR) is 140 cm³/mol. The van der Waals surface area contributed by atoms with Crippen LogP contribution in [0.5, 0.6) is 0 Å². The maximum absolute atomic E-state index is 12.6. The van der Waals surface area contributed by atoms with E-state index in [1.54, 1.807) is 46.2 Å². The van der Waals surface area contributed by atoms with Crippen molar-refractivity contribution in [2.75, 3.05) is 52.7 Å². The highest BCUT2D eigenvalue weighted by atomic mass is 16.6. The lowest BCUT2D eigenvalue weighted by molar-refractivity contribution is -0.159. The van der Waals surface area contributed by atoms with Crippen molar-refractivity contribution in [3.63, 3.8) is 0 Å². The van der Waals surface area contributed by atoms with Crippen LogP contribution in [0.2, 0.25) is 0 Å². The van der Waals surface area contributed by atoms with E-state index < -0.39 is 49.0 Å². The van der Waals surface area contributed by atoms with Gasteiger partial charge >= 0.3 is 11.9 Å². The highest BCUT2D eigenvalue weighted by Crippen LogP contribution is 2.12. The van der Waals surface area contributed by atoms with Gasteiger partial charge in [-0.05, 0) is 38.1 Å². The molecule has 0 aromatic heterocycles. The summed E-state index contributed by atoms with van der Waals surface area (Å²) >= 11 is 0. The third kappa shape index (κ3) is 7.16. The number of hydrogen-bond donors (Lipinski definition) is 0. The Hall–Kier alpha value is -4.42. The van der Waals surface area contributed by atoms with Crippen molar-refractivity contribution in [1.29, 1.82) is 0 Å². The third-order valence-corrected chi connectivity index (χ3v) is 6.53. The van der Waals surface area contributed by atoms with Crippen LogP contribution in [0.1, 0.15) is 31.8 Å². The summed E-state index contributed by atoms with van der Waals surface area (Å²) < 4.78 is 10.3. The van der Waals surface area contributed by atoms with Crippen LogP contribution < -0.4 is 0 Å². The summed E-state index contributed by atoms with van der Waals surface area (Å²) in [5, 5.41) is 0. The lowest BCUT2D eigenvalue weighted by Gasteiger charge is -2.35. The zero-order valence-electron chi connectivity index (χ0n) is 22.3. The molecular weight excluding hydrogens is 520 g/mol. The number of imide groups is 2. The summed E-state index contributed by atoms with van der Waals surface area (Å²) in [6, 6.07) is 13.6. The smallest absolute Gasteiger partial charge is 0.339 e. The molecule has 0 spiro atoms. The number of aryl methyl sites for hydroxylation is 2. The molecule has 210 valence electrons. The van der Waals surface area contributed by atoms with Gasteiger partial charge in [-0.25, -0.2) is 19.4 Å². The maximum atomic E-state index is 12.6. The Morgan fingerprint density at radius 2 is 0.975 bits per heavy atom. The maximum Gasteiger partial charge on any atom is 0.339 e. The van der Waals surface area contributed by atoms with E-state index in [9.17, 15) is 28.8 Å². The van der Waals surface area contributed by atoms with Gasteiger partial charge in [0.1, 0.15) is 0 Å². The number of carbonyl (C=O) groups excluding carboxylic acids is 6. The van der Waals surface area contributed by atoms with Crippen LogP contribution in [0.25, 0.3) is 0 Å². The van der Waals surface area contributed by atoms with Gasteiger partial charge in [0.15, 0.2) is 13.5 Å². The van der Waals surface area contributed by atoms with Crippen molar-refractivity contribution in [1.82, 2.24) is 19.6 Å². The van der Waals surface area contributed by atoms with Crippen molar-refractivity contribution in [2.24, 2.45) is 0 Å². The van der Waals surface area contributed by atoms with E-state index in [1.807, 2.05) is 26.0 Å². The number of rotatable bonds is 9. The van der Waals surface area contributed by atoms with Crippen LogP contribution in [0.3, 0.4) is 0 Å². The lowest BCUT2D eigenvalue weighted by atomic mass is 10.1. The summed E-state index contributed by atoms with van der Waals surface area (Å²) in [7, 11) is 0. The van der Waals surface area contributed by atoms with E-state index in [0.29, 0.717) is 11.1 Å². The Labute approximate surface area is 231 Å². The highest BCUT2D eigenvalue weighted by Gasteiger charge is 2.34. The molecule has 12 heteroatoms. The Balaban J connectivity index is 1.21. The zero-order valence-corrected chi connectivity index (χ0v) is 22.3. The second-order valence-electron chi connectivity index (χ2n) is 9.71. The van der Waals surface area contributed by atoms with Gasteiger partial charge in [-0.1, -0.05) is 35.4 Å². The molecule has 12 nitrogen and oxygen atoms in total. The number of benzene rings is 2. The van der Waals surface area contributed by atoms with Crippen molar-refractivity contribution < 1.29 is 38.2 Å². The molecule has 0 bridgehead atoms. The van der Waals surface area contributed by atoms with Gasteiger partial charge < -0.3 is 9.47 Å². The molecule has 0 atom stereocenters. The SMILES string of the molecule is Cc1cccc(C(=O)OCN2C(=O)CN(CCN3CC(=O)N(COC(=O)c4cccc(C)c4)C(=O)C3)CC2=O)c1. The quantitative estimate of drug-likeness (QED) is 0.322. The summed E-state index contributed by atoms with van der Waals surface area (Å²) in [5.74, 6) is -3.32. The zero-order chi connectivity index (χ0) is 28.8. The largest absolute Gasteiger partial charge is 0.440 e. The number of esters is 2. The van der Waals surface area contributed by atoms with Gasteiger partial charge in [0.05, 0.1) is 37.3 Å². The Bertz CT molecular complexity index is 1210. The molecule has 2 aliphatic rings. The average Bonchev–Trinajstić information content (AvgIpc) is 2.90. The summed E-state index contributed by atoms with van der Waals surface area (Å²) in [4.78, 5) is 79.8. The molecule has 2 heterocycles. The van der Waals surface area contributed by atoms with E-state index in [4.69, 9.17) is 9.47 Å². The van der Waals surface area contributed by atoms with E-state index in [0.717, 1.165) is 20.9 Å². The molecule has 40 heavy (non-hydrogen) atoms. The average molecular weight is 551 g/mol. The number of carbonyl (C=O) groups is 6. The summed E-state index contributed by atoms with van der Waals surface area (Å²) in [5.41, 5.74) is 2.41. The standard InChI is InChI=1S/C28H30N4O8/c1-19-5-3-7-21(11-19)27(37)39-17-31-23(33)13-29(14-24(31)34)9-10-30-15-25(35)32(26(36)16-30)18-40-28(38)22-8-4-6-20(2)12-22/h3-8,11-12H,9-10,13-18H2,1-2H3. The van der Waals surface area contributed by atoms with Crippen LogP contribution in [-0.4, -0.2) is 108 Å². The molecule has 2 aromatic carbocycles. The molecule has 0 N–H and O–H groups in total. The number of ether oxygens (including phenoxy) is 2. The molecule has 2 saturated heterocycles. The highest BCUT2D eigenvalue weighted by molar-refractivity contribution is 6.00. The Morgan fingerprint density at radius 1 is 0.625 bits per heavy atom. The van der Waals surface area contributed by atoms with E-state index >= 15 is 0 Å². The fourth-order valence-corrected chi connectivity index (χ4v) is 4.34. The second kappa shape index (κ2) is 12.6. The van der Waals surface area contributed by atoms with Gasteiger partial charge in [-0.3, -0.25) is 29.0 Å². The molecule has 0 unspecified atom stereocenters. The Morgan fingerprint density at radius 3 is 1.30 bits per heavy atom. The molecule has 2 aromatic rings. The summed E-state index contributed by atoms with van der Waals surface area (Å²) in [6.45, 7) is 2.92. The third-order valence-electron chi connectivity index (χ3n) is 6.53. The van der Waals surface area contributed by atoms with Crippen LogP contribution in [0.4, 0.5) is 0 Å². The van der Waals surface area contributed by atoms with Crippen molar-refractivity contribution in [3.8, 4) is 0 Å². The van der Waals surface area contributed by atoms with Gasteiger partial charge in [-0.2, -0.15) is 0 Å². The number of hydrogen-bond acceptors (Lipinski definition) is 10. The molecule has 0 radical (unpaired) electrons. The van der Waals surface area contributed by atoms with Crippen molar-refractivity contribution in [3.05, 3.63) is 70.8 Å². The van der Waals surface area contributed by atoms with E-state index in [-0.39, 0.29) is 39.3 Å². The first kappa shape index (κ1) is 28.6. The van der Waals surface area contributed by atoms with Crippen LogP contribution in [0, 0.1) is 13.8 Å². The van der Waals surface area contributed by atoms with Crippen LogP contribution in [0.15, 0.2) is 48.5 Å². The van der Waals surface area contributed by atoms with E-state index in [2.05, 4.69) is 0 Å². The van der Waals surface area contributed by atoms with Gasteiger partial charge in [-0.15, -0.1) is 0 Å². The normalized spacial score (nSPS) is 16.9. The first-order valence-electron chi connectivity index (χ1n) is 12.7. The fraction of sp³-hybridized carbons (Fsp3) is 0.357. The molecule has 4 amide bonds. The lowest BCUT2D eigenvalue weighted by Crippen LogP contribution is -2.58. The van der Waals surface area contributed by atoms with E-state index in [1.165, 1.54) is 0 Å². The second-order valence-corrected chi connectivity index (χ2v) is 9.71. The van der Waals surface area contributed by atoms with Crippen LogP contribution in [-0.2, 0) is 28.7 Å². The first-order chi connectivity index (χ1) is 19.1.